The number of hydrogen-bond acceptors (Lipinski definition) is 5. The number of hydrogen-bond donors (Lipinski definition) is 2. The smallest absolute Gasteiger partial charge is 0.396 e. The molecule has 0 spiro atoms. The zero-order chi connectivity index (χ0) is 11.9. The molecule has 2 N–H and O–H groups in total. The standard InChI is InChI=1S/C7H14N2O5S/c1-3-14-7(11)6(10)8-4-5-9-15(2,12)13/h9H,3-5H2,1-2H3,(H,8,10). The Morgan fingerprint density at radius 2 is 1.87 bits per heavy atom. The molecule has 0 atom stereocenters. The molecular weight excluding hydrogens is 224 g/mol. The maximum absolute atomic E-state index is 10.9. The van der Waals surface area contributed by atoms with Gasteiger partial charge in [-0.05, 0) is 6.92 Å². The third-order valence-corrected chi connectivity index (χ3v) is 1.96. The van der Waals surface area contributed by atoms with Crippen molar-refractivity contribution >= 4 is 21.9 Å². The molecule has 0 radical (unpaired) electrons. The van der Waals surface area contributed by atoms with Crippen molar-refractivity contribution in [2.45, 2.75) is 6.92 Å². The van der Waals surface area contributed by atoms with Gasteiger partial charge in [-0.15, -0.1) is 0 Å². The molecule has 0 aromatic heterocycles. The third-order valence-electron chi connectivity index (χ3n) is 1.24. The highest BCUT2D eigenvalue weighted by atomic mass is 32.2. The predicted molar refractivity (Wildman–Crippen MR) is 52.5 cm³/mol. The van der Waals surface area contributed by atoms with Gasteiger partial charge in [0.05, 0.1) is 12.9 Å². The minimum Gasteiger partial charge on any atom is -0.459 e. The first-order chi connectivity index (χ1) is 6.87. The molecule has 0 aliphatic carbocycles. The molecule has 8 heteroatoms. The van der Waals surface area contributed by atoms with E-state index in [9.17, 15) is 18.0 Å². The van der Waals surface area contributed by atoms with Gasteiger partial charge in [-0.1, -0.05) is 0 Å². The Morgan fingerprint density at radius 3 is 2.33 bits per heavy atom. The summed E-state index contributed by atoms with van der Waals surface area (Å²) in [5.74, 6) is -1.86. The lowest BCUT2D eigenvalue weighted by Gasteiger charge is -2.04. The number of amides is 1. The SMILES string of the molecule is CCOC(=O)C(=O)NCCNS(C)(=O)=O. The van der Waals surface area contributed by atoms with Gasteiger partial charge in [0, 0.05) is 13.1 Å². The van der Waals surface area contributed by atoms with E-state index in [0.717, 1.165) is 6.26 Å². The summed E-state index contributed by atoms with van der Waals surface area (Å²) in [5, 5.41) is 2.20. The molecule has 0 aliphatic rings. The molecule has 88 valence electrons. The number of carbonyl (C=O) groups is 2. The van der Waals surface area contributed by atoms with Crippen LogP contribution >= 0.6 is 0 Å². The zero-order valence-corrected chi connectivity index (χ0v) is 9.39. The van der Waals surface area contributed by atoms with Gasteiger partial charge in [0.2, 0.25) is 10.0 Å². The Hall–Kier alpha value is -1.15. The number of nitrogens with one attached hydrogen (secondary N) is 2. The highest BCUT2D eigenvalue weighted by molar-refractivity contribution is 7.88. The average Bonchev–Trinajstić information content (AvgIpc) is 2.11. The van der Waals surface area contributed by atoms with Gasteiger partial charge in [0.1, 0.15) is 0 Å². The topological polar surface area (TPSA) is 102 Å². The summed E-state index contributed by atoms with van der Waals surface area (Å²) < 4.78 is 27.8. The van der Waals surface area contributed by atoms with Crippen molar-refractivity contribution in [1.29, 1.82) is 0 Å². The third kappa shape index (κ3) is 7.89. The van der Waals surface area contributed by atoms with Crippen LogP contribution in [0.25, 0.3) is 0 Å². The zero-order valence-electron chi connectivity index (χ0n) is 8.57. The van der Waals surface area contributed by atoms with Gasteiger partial charge < -0.3 is 10.1 Å². The molecule has 0 unspecified atom stereocenters. The van der Waals surface area contributed by atoms with Gasteiger partial charge in [-0.25, -0.2) is 17.9 Å². The van der Waals surface area contributed by atoms with Crippen molar-refractivity contribution in [2.75, 3.05) is 26.0 Å². The van der Waals surface area contributed by atoms with Gasteiger partial charge in [-0.3, -0.25) is 4.79 Å². The fourth-order valence-corrected chi connectivity index (χ4v) is 1.15. The molecule has 7 nitrogen and oxygen atoms in total. The summed E-state index contributed by atoms with van der Waals surface area (Å²) in [4.78, 5) is 21.7. The summed E-state index contributed by atoms with van der Waals surface area (Å²) in [7, 11) is -3.27. The van der Waals surface area contributed by atoms with Crippen LogP contribution in [0.2, 0.25) is 0 Å². The Morgan fingerprint density at radius 1 is 1.27 bits per heavy atom. The molecule has 0 bridgehead atoms. The fraction of sp³-hybridized carbons (Fsp3) is 0.714. The van der Waals surface area contributed by atoms with Crippen LogP contribution < -0.4 is 10.0 Å². The first-order valence-electron chi connectivity index (χ1n) is 4.26. The minimum atomic E-state index is -3.27. The second-order valence-corrected chi connectivity index (χ2v) is 4.48. The second kappa shape index (κ2) is 6.36. The fourth-order valence-electron chi connectivity index (χ4n) is 0.681. The molecular formula is C7H14N2O5S. The monoisotopic (exact) mass is 238 g/mol. The Balaban J connectivity index is 3.69. The quantitative estimate of drug-likeness (QED) is 0.335. The molecule has 0 heterocycles. The lowest BCUT2D eigenvalue weighted by molar-refractivity contribution is -0.154. The van der Waals surface area contributed by atoms with Crippen LogP contribution in [0.4, 0.5) is 0 Å². The molecule has 0 aromatic carbocycles. The lowest BCUT2D eigenvalue weighted by Crippen LogP contribution is -2.38. The van der Waals surface area contributed by atoms with Gasteiger partial charge in [-0.2, -0.15) is 0 Å². The predicted octanol–water partition coefficient (Wildman–Crippen LogP) is -1.79. The Kier molecular flexibility index (Phi) is 5.87. The minimum absolute atomic E-state index is 0.0317. The molecule has 0 rings (SSSR count). The average molecular weight is 238 g/mol. The molecule has 0 aliphatic heterocycles. The van der Waals surface area contributed by atoms with E-state index in [1.165, 1.54) is 0 Å². The van der Waals surface area contributed by atoms with Crippen LogP contribution in [0.3, 0.4) is 0 Å². The normalized spacial score (nSPS) is 10.8. The largest absolute Gasteiger partial charge is 0.459 e. The molecule has 0 saturated heterocycles. The first-order valence-corrected chi connectivity index (χ1v) is 6.15. The van der Waals surface area contributed by atoms with Crippen molar-refractivity contribution in [1.82, 2.24) is 10.0 Å². The van der Waals surface area contributed by atoms with E-state index in [1.807, 2.05) is 0 Å². The van der Waals surface area contributed by atoms with E-state index in [4.69, 9.17) is 0 Å². The Bertz CT molecular complexity index is 324. The highest BCUT2D eigenvalue weighted by Gasteiger charge is 2.13. The van der Waals surface area contributed by atoms with Crippen molar-refractivity contribution in [3.63, 3.8) is 0 Å². The van der Waals surface area contributed by atoms with Crippen molar-refractivity contribution in [3.05, 3.63) is 0 Å². The molecule has 0 fully saturated rings. The van der Waals surface area contributed by atoms with E-state index >= 15 is 0 Å². The maximum atomic E-state index is 10.9. The van der Waals surface area contributed by atoms with Crippen molar-refractivity contribution in [3.8, 4) is 0 Å². The number of ether oxygens (including phenoxy) is 1. The van der Waals surface area contributed by atoms with E-state index in [2.05, 4.69) is 14.8 Å². The number of carbonyl (C=O) groups excluding carboxylic acids is 2. The highest BCUT2D eigenvalue weighted by Crippen LogP contribution is 1.78. The van der Waals surface area contributed by atoms with Crippen LogP contribution in [0, 0.1) is 0 Å². The van der Waals surface area contributed by atoms with E-state index in [0.29, 0.717) is 0 Å². The summed E-state index contributed by atoms with van der Waals surface area (Å²) in [6, 6.07) is 0. The number of sulfonamides is 1. The molecule has 0 saturated carbocycles. The maximum Gasteiger partial charge on any atom is 0.396 e. The summed E-state index contributed by atoms with van der Waals surface area (Å²) in [5.41, 5.74) is 0. The molecule has 1 amide bonds. The van der Waals surface area contributed by atoms with Gasteiger partial charge in [0.25, 0.3) is 0 Å². The lowest BCUT2D eigenvalue weighted by atomic mass is 10.5. The van der Waals surface area contributed by atoms with Crippen LogP contribution in [0.5, 0.6) is 0 Å². The van der Waals surface area contributed by atoms with Gasteiger partial charge in [0.15, 0.2) is 0 Å². The number of rotatable bonds is 5. The summed E-state index contributed by atoms with van der Waals surface area (Å²) in [6.07, 6.45) is 1.00. The molecule has 15 heavy (non-hydrogen) atoms. The van der Waals surface area contributed by atoms with Crippen LogP contribution in [-0.4, -0.2) is 46.2 Å². The second-order valence-electron chi connectivity index (χ2n) is 2.64. The Labute approximate surface area is 88.2 Å². The number of esters is 1. The van der Waals surface area contributed by atoms with Crippen molar-refractivity contribution in [2.24, 2.45) is 0 Å². The summed E-state index contributed by atoms with van der Waals surface area (Å²) in [6.45, 7) is 1.76. The summed E-state index contributed by atoms with van der Waals surface area (Å²) >= 11 is 0. The van der Waals surface area contributed by atoms with Gasteiger partial charge >= 0.3 is 11.9 Å². The van der Waals surface area contributed by atoms with Crippen LogP contribution in [0.15, 0.2) is 0 Å². The van der Waals surface area contributed by atoms with E-state index in [1.54, 1.807) is 6.92 Å². The first kappa shape index (κ1) is 13.8. The van der Waals surface area contributed by atoms with E-state index in [-0.39, 0.29) is 19.7 Å². The van der Waals surface area contributed by atoms with Crippen molar-refractivity contribution < 1.29 is 22.7 Å². The van der Waals surface area contributed by atoms with Crippen LogP contribution in [0.1, 0.15) is 6.92 Å². The van der Waals surface area contributed by atoms with Crippen LogP contribution in [-0.2, 0) is 24.3 Å². The van der Waals surface area contributed by atoms with E-state index < -0.39 is 21.9 Å². The molecule has 0 aromatic rings.